The summed E-state index contributed by atoms with van der Waals surface area (Å²) in [5.41, 5.74) is 1.40. The SMILES string of the molecule is c1ccc(CN2CC[C@@H](NCc3nncn3C3CCCCC3)C2)cc1. The summed E-state index contributed by atoms with van der Waals surface area (Å²) >= 11 is 0. The van der Waals surface area contributed by atoms with Gasteiger partial charge in [0.05, 0.1) is 6.54 Å². The number of likely N-dealkylation sites (tertiary alicyclic amines) is 1. The Morgan fingerprint density at radius 2 is 1.88 bits per heavy atom. The van der Waals surface area contributed by atoms with Gasteiger partial charge in [0, 0.05) is 31.7 Å². The van der Waals surface area contributed by atoms with Crippen molar-refractivity contribution in [3.05, 3.63) is 48.0 Å². The van der Waals surface area contributed by atoms with E-state index in [1.807, 2.05) is 6.33 Å². The van der Waals surface area contributed by atoms with Crippen molar-refractivity contribution in [2.45, 2.75) is 63.7 Å². The highest BCUT2D eigenvalue weighted by molar-refractivity contribution is 5.14. The quantitative estimate of drug-likeness (QED) is 0.878. The molecule has 25 heavy (non-hydrogen) atoms. The minimum absolute atomic E-state index is 0.556. The average Bonchev–Trinajstić information content (AvgIpc) is 3.31. The number of aromatic nitrogens is 3. The van der Waals surface area contributed by atoms with E-state index in [2.05, 4.69) is 55.3 Å². The molecule has 0 spiro atoms. The van der Waals surface area contributed by atoms with Crippen LogP contribution in [0.4, 0.5) is 0 Å². The zero-order valence-corrected chi connectivity index (χ0v) is 15.0. The molecule has 1 atom stereocenters. The highest BCUT2D eigenvalue weighted by atomic mass is 15.3. The lowest BCUT2D eigenvalue weighted by atomic mass is 9.95. The Hall–Kier alpha value is -1.72. The number of nitrogens with one attached hydrogen (secondary N) is 1. The van der Waals surface area contributed by atoms with Gasteiger partial charge in [-0.3, -0.25) is 4.90 Å². The van der Waals surface area contributed by atoms with Crippen LogP contribution in [0.5, 0.6) is 0 Å². The first-order valence-corrected chi connectivity index (χ1v) is 9.76. The zero-order chi connectivity index (χ0) is 16.9. The second-order valence-corrected chi connectivity index (χ2v) is 7.53. The predicted octanol–water partition coefficient (Wildman–Crippen LogP) is 3.15. The lowest BCUT2D eigenvalue weighted by Crippen LogP contribution is -2.33. The van der Waals surface area contributed by atoms with E-state index < -0.39 is 0 Å². The first kappa shape index (κ1) is 16.7. The summed E-state index contributed by atoms with van der Waals surface area (Å²) < 4.78 is 2.32. The van der Waals surface area contributed by atoms with Gasteiger partial charge < -0.3 is 9.88 Å². The fourth-order valence-corrected chi connectivity index (χ4v) is 4.28. The molecule has 0 bridgehead atoms. The molecular formula is C20H29N5. The molecule has 1 aliphatic carbocycles. The van der Waals surface area contributed by atoms with Crippen LogP contribution >= 0.6 is 0 Å². The summed E-state index contributed by atoms with van der Waals surface area (Å²) in [6.07, 6.45) is 9.76. The highest BCUT2D eigenvalue weighted by Crippen LogP contribution is 2.28. The maximum Gasteiger partial charge on any atom is 0.147 e. The fourth-order valence-electron chi connectivity index (χ4n) is 4.28. The second kappa shape index (κ2) is 8.11. The average molecular weight is 339 g/mol. The summed E-state index contributed by atoms with van der Waals surface area (Å²) in [4.78, 5) is 2.54. The van der Waals surface area contributed by atoms with Gasteiger partial charge in [0.2, 0.25) is 0 Å². The molecule has 5 heteroatoms. The lowest BCUT2D eigenvalue weighted by Gasteiger charge is -2.24. The molecule has 134 valence electrons. The van der Waals surface area contributed by atoms with Crippen LogP contribution in [0.25, 0.3) is 0 Å². The van der Waals surface area contributed by atoms with Gasteiger partial charge in [0.1, 0.15) is 12.2 Å². The second-order valence-electron chi connectivity index (χ2n) is 7.53. The molecule has 2 heterocycles. The minimum Gasteiger partial charge on any atom is -0.313 e. The molecular weight excluding hydrogens is 310 g/mol. The molecule has 1 saturated heterocycles. The standard InChI is InChI=1S/C20H29N5/c1-3-7-17(8-4-1)14-24-12-11-18(15-24)21-13-20-23-22-16-25(20)19-9-5-2-6-10-19/h1,3-4,7-8,16,18-19,21H,2,5-6,9-15H2/t18-/m1/s1. The van der Waals surface area contributed by atoms with Crippen LogP contribution in [-0.2, 0) is 13.1 Å². The molecule has 1 aromatic carbocycles. The fraction of sp³-hybridized carbons (Fsp3) is 0.600. The van der Waals surface area contributed by atoms with Crippen molar-refractivity contribution in [2.75, 3.05) is 13.1 Å². The summed E-state index contributed by atoms with van der Waals surface area (Å²) in [5.74, 6) is 1.11. The zero-order valence-electron chi connectivity index (χ0n) is 15.0. The number of rotatable bonds is 6. The normalized spacial score (nSPS) is 22.5. The monoisotopic (exact) mass is 339 g/mol. The van der Waals surface area contributed by atoms with Crippen molar-refractivity contribution in [2.24, 2.45) is 0 Å². The Morgan fingerprint density at radius 1 is 1.04 bits per heavy atom. The van der Waals surface area contributed by atoms with Crippen LogP contribution in [0.1, 0.15) is 56.0 Å². The van der Waals surface area contributed by atoms with E-state index in [4.69, 9.17) is 0 Å². The summed E-state index contributed by atoms with van der Waals surface area (Å²) in [6, 6.07) is 11.9. The van der Waals surface area contributed by atoms with Gasteiger partial charge in [0.15, 0.2) is 0 Å². The van der Waals surface area contributed by atoms with Gasteiger partial charge in [-0.25, -0.2) is 0 Å². The van der Waals surface area contributed by atoms with E-state index in [1.165, 1.54) is 50.6 Å². The molecule has 1 N–H and O–H groups in total. The molecule has 1 saturated carbocycles. The molecule has 4 rings (SSSR count). The van der Waals surface area contributed by atoms with Crippen molar-refractivity contribution >= 4 is 0 Å². The molecule has 0 unspecified atom stereocenters. The molecule has 1 aromatic heterocycles. The maximum atomic E-state index is 4.38. The van der Waals surface area contributed by atoms with Crippen LogP contribution in [-0.4, -0.2) is 38.8 Å². The Balaban J connectivity index is 1.27. The van der Waals surface area contributed by atoms with Crippen molar-refractivity contribution in [3.8, 4) is 0 Å². The Bertz CT molecular complexity index is 647. The molecule has 0 amide bonds. The van der Waals surface area contributed by atoms with Crippen molar-refractivity contribution in [1.82, 2.24) is 25.0 Å². The molecule has 2 fully saturated rings. The summed E-state index contributed by atoms with van der Waals surface area (Å²) in [7, 11) is 0. The summed E-state index contributed by atoms with van der Waals surface area (Å²) in [5, 5.41) is 12.3. The predicted molar refractivity (Wildman–Crippen MR) is 99.1 cm³/mol. The first-order chi connectivity index (χ1) is 12.4. The van der Waals surface area contributed by atoms with Gasteiger partial charge in [-0.15, -0.1) is 10.2 Å². The smallest absolute Gasteiger partial charge is 0.147 e. The molecule has 2 aromatic rings. The van der Waals surface area contributed by atoms with Crippen molar-refractivity contribution in [3.63, 3.8) is 0 Å². The first-order valence-electron chi connectivity index (χ1n) is 9.76. The van der Waals surface area contributed by atoms with Gasteiger partial charge >= 0.3 is 0 Å². The molecule has 2 aliphatic rings. The molecule has 1 aliphatic heterocycles. The lowest BCUT2D eigenvalue weighted by molar-refractivity contribution is 0.316. The van der Waals surface area contributed by atoms with E-state index in [-0.39, 0.29) is 0 Å². The maximum absolute atomic E-state index is 4.38. The third-order valence-corrected chi connectivity index (χ3v) is 5.69. The minimum atomic E-state index is 0.556. The van der Waals surface area contributed by atoms with Crippen molar-refractivity contribution < 1.29 is 0 Å². The third-order valence-electron chi connectivity index (χ3n) is 5.69. The van der Waals surface area contributed by atoms with Gasteiger partial charge in [-0.2, -0.15) is 0 Å². The Labute approximate surface area is 150 Å². The van der Waals surface area contributed by atoms with E-state index in [0.29, 0.717) is 12.1 Å². The topological polar surface area (TPSA) is 46.0 Å². The van der Waals surface area contributed by atoms with Gasteiger partial charge in [0.25, 0.3) is 0 Å². The van der Waals surface area contributed by atoms with Crippen molar-refractivity contribution in [1.29, 1.82) is 0 Å². The molecule has 5 nitrogen and oxygen atoms in total. The van der Waals surface area contributed by atoms with Crippen LogP contribution in [0.3, 0.4) is 0 Å². The van der Waals surface area contributed by atoms with Crippen LogP contribution < -0.4 is 5.32 Å². The Kier molecular flexibility index (Phi) is 5.43. The highest BCUT2D eigenvalue weighted by Gasteiger charge is 2.23. The summed E-state index contributed by atoms with van der Waals surface area (Å²) in [6.45, 7) is 4.17. The van der Waals surface area contributed by atoms with E-state index in [9.17, 15) is 0 Å². The van der Waals surface area contributed by atoms with Crippen LogP contribution in [0.2, 0.25) is 0 Å². The van der Waals surface area contributed by atoms with E-state index >= 15 is 0 Å². The largest absolute Gasteiger partial charge is 0.313 e. The number of benzene rings is 1. The van der Waals surface area contributed by atoms with E-state index in [1.54, 1.807) is 0 Å². The Morgan fingerprint density at radius 3 is 2.72 bits per heavy atom. The van der Waals surface area contributed by atoms with Gasteiger partial charge in [-0.1, -0.05) is 49.6 Å². The van der Waals surface area contributed by atoms with E-state index in [0.717, 1.165) is 25.5 Å². The molecule has 0 radical (unpaired) electrons. The van der Waals surface area contributed by atoms with Gasteiger partial charge in [-0.05, 0) is 24.8 Å². The van der Waals surface area contributed by atoms with Crippen LogP contribution in [0, 0.1) is 0 Å². The third kappa shape index (κ3) is 4.28. The number of nitrogens with zero attached hydrogens (tertiary/aromatic N) is 4. The number of hydrogen-bond acceptors (Lipinski definition) is 4. The van der Waals surface area contributed by atoms with Crippen LogP contribution in [0.15, 0.2) is 36.7 Å². The number of hydrogen-bond donors (Lipinski definition) is 1.